The number of hydrogen-bond acceptors (Lipinski definition) is 39. The van der Waals surface area contributed by atoms with E-state index in [1.54, 1.807) is 18.5 Å². The number of carbonyl (C=O) groups is 5. The van der Waals surface area contributed by atoms with Crippen molar-refractivity contribution >= 4 is 195 Å². The van der Waals surface area contributed by atoms with Gasteiger partial charge in [-0.3, -0.25) is 24.0 Å². The third kappa shape index (κ3) is 22.2. The fourth-order valence-corrected chi connectivity index (χ4v) is 24.7. The lowest BCUT2D eigenvalue weighted by Gasteiger charge is -2.25. The van der Waals surface area contributed by atoms with Gasteiger partial charge in [0.2, 0.25) is 0 Å². The number of phenols is 1. The molecule has 20 heterocycles. The van der Waals surface area contributed by atoms with Gasteiger partial charge >= 0.3 is 6.18 Å². The molecule has 5 aromatic carbocycles. The number of aromatic hydroxyl groups is 1. The maximum absolute atomic E-state index is 13.0. The van der Waals surface area contributed by atoms with Crippen molar-refractivity contribution in [1.82, 2.24) is 101 Å². The van der Waals surface area contributed by atoms with Gasteiger partial charge in [0.05, 0.1) is 5.56 Å². The largest absolute Gasteiger partial charge is 0.508 e. The van der Waals surface area contributed by atoms with Gasteiger partial charge in [-0.2, -0.15) is 13.2 Å². The molecule has 3 atom stereocenters. The summed E-state index contributed by atoms with van der Waals surface area (Å²) in [7, 11) is 0. The molecule has 0 saturated carbocycles. The first-order chi connectivity index (χ1) is 73.2. The van der Waals surface area contributed by atoms with Crippen molar-refractivity contribution in [3.63, 3.8) is 0 Å². The summed E-state index contributed by atoms with van der Waals surface area (Å²) in [5, 5.41) is 46.0. The van der Waals surface area contributed by atoms with Gasteiger partial charge in [0, 0.05) is 188 Å². The Hall–Kier alpha value is -13.4. The number of thiazole rings is 5. The van der Waals surface area contributed by atoms with Gasteiger partial charge in [0.1, 0.15) is 89.1 Å². The van der Waals surface area contributed by atoms with Crippen LogP contribution in [0.2, 0.25) is 0 Å². The van der Waals surface area contributed by atoms with Crippen LogP contribution in [0, 0.1) is 0 Å². The number of para-hydroxylation sites is 3. The number of aromatic nitrogens is 15. The maximum atomic E-state index is 13.0. The van der Waals surface area contributed by atoms with Crippen LogP contribution in [0.3, 0.4) is 0 Å². The summed E-state index contributed by atoms with van der Waals surface area (Å²) < 4.78 is 65.9. The zero-order valence-electron chi connectivity index (χ0n) is 81.8. The monoisotopic (exact) mass is 2130 g/mol. The highest BCUT2D eigenvalue weighted by Crippen LogP contribution is 2.51. The molecule has 15 aromatic rings. The summed E-state index contributed by atoms with van der Waals surface area (Å²) in [4.78, 5) is 144. The van der Waals surface area contributed by atoms with E-state index in [0.717, 1.165) is 135 Å². The lowest BCUT2D eigenvalue weighted by molar-refractivity contribution is -0.137. The second-order valence-electron chi connectivity index (χ2n) is 38.1. The SMILES string of the molecule is CC1(CCO)CN(c2ncnc3sc(C(=O)NC4CCOCC4)nc23)c2ccccc21.NCCC1CN(c2ncnc3sc(C(=O)NC4CCOCC4)nc23)c2ccccc21.O=C(NC1CCOCC1)c1nc2c(N3CC(CCO)c4ccccc43)ncnc2s1.O=C(NC1CCOCC1)c1nc2c(N3CCc4cc(C(F)(F)F)ccc43)ncnc2s1.O=C(NC1CCOCC1)c1nc2c(N3CCc4cc(O)ccc43)ncnc2s1. The van der Waals surface area contributed by atoms with Gasteiger partial charge in [0.25, 0.3) is 29.5 Å². The van der Waals surface area contributed by atoms with Gasteiger partial charge in [-0.25, -0.2) is 74.8 Å². The van der Waals surface area contributed by atoms with E-state index in [1.165, 1.54) is 111 Å². The number of nitrogens with one attached hydrogen (secondary N) is 5. The van der Waals surface area contributed by atoms with Gasteiger partial charge in [-0.05, 0) is 185 Å². The Morgan fingerprint density at radius 2 is 0.713 bits per heavy atom. The summed E-state index contributed by atoms with van der Waals surface area (Å²) in [6.07, 6.45) is 14.7. The highest BCUT2D eigenvalue weighted by Gasteiger charge is 2.43. The minimum absolute atomic E-state index is 0.0482. The van der Waals surface area contributed by atoms with E-state index in [1.807, 2.05) is 41.3 Å². The molecule has 10 N–H and O–H groups in total. The Labute approximate surface area is 877 Å². The van der Waals surface area contributed by atoms with E-state index in [0.29, 0.717) is 219 Å². The number of nitrogens with two attached hydrogens (primary N) is 1. The second kappa shape index (κ2) is 45.8. The first-order valence-electron chi connectivity index (χ1n) is 50.3. The summed E-state index contributed by atoms with van der Waals surface area (Å²) in [5.41, 5.74) is 18.3. The highest BCUT2D eigenvalue weighted by atomic mass is 32.1. The number of halogens is 3. The first kappa shape index (κ1) is 102. The van der Waals surface area contributed by atoms with Crippen molar-refractivity contribution < 1.29 is 76.1 Å². The minimum atomic E-state index is -4.38. The van der Waals surface area contributed by atoms with Crippen LogP contribution in [0.1, 0.15) is 185 Å². The fraction of sp³-hybridized carbons (Fsp3) is 0.417. The average molecular weight is 2140 g/mol. The fourth-order valence-electron chi connectivity index (χ4n) is 20.7. The number of benzene rings is 5. The molecule has 5 fully saturated rings. The Kier molecular flexibility index (Phi) is 31.3. The standard InChI is InChI=1S/C22H25N5O3S.C21H24N6O2S.C21H23N5O3S.C20H18F3N5O2S.C19H19N5O3S/c1-22(8-9-28)12-27(16-5-3-2-4-15(16)22)18-17-20(24-13-23-18)31-21(26-17)19(29)25-14-6-10-30-11-7-14;22-8-5-13-11-27(16-4-2-1-3-15(13)16)18-17-20(24-12-23-18)30-21(26-17)19(28)25-14-6-9-29-10-7-14;27-8-5-13-11-26(16-4-2-1-3-15(13)16)18-17-20(23-12-22-18)30-21(25-17)19(28)24-14-6-9-29-10-7-14;21-20(22,23)12-1-2-14-11(9-12)3-6-28(14)16-15-18(25-10-24-16)31-19(27-15)17(29)26-13-4-7-30-8-5-13;25-13-1-2-14-11(9-13)3-6-24(14)16-15-18(21-10-20-16)28-19(23-15)17(26)22-12-4-7-27-8-5-12/h2-5,13-14,28H,6-12H2,1H3,(H,25,29);1-4,12-14H,5-11,22H2,(H,25,28);1-4,12-14,27H,5-11H2,(H,24,28);1-2,9-10,13H,3-8H2,(H,26,29);1-2,9-10,12,25H,3-8H2,(H,22,26). The van der Waals surface area contributed by atoms with Crippen LogP contribution in [0.4, 0.5) is 70.7 Å². The number of anilines is 10. The molecule has 150 heavy (non-hydrogen) atoms. The van der Waals surface area contributed by atoms with E-state index >= 15 is 0 Å². The molecule has 0 aliphatic carbocycles. The van der Waals surface area contributed by atoms with Gasteiger partial charge < -0.3 is 95.8 Å². The van der Waals surface area contributed by atoms with Crippen LogP contribution in [0.15, 0.2) is 141 Å². The van der Waals surface area contributed by atoms with Crippen LogP contribution in [-0.4, -0.2) is 268 Å². The molecule has 5 amide bonds. The Morgan fingerprint density at radius 3 is 1.06 bits per heavy atom. The molecule has 0 radical (unpaired) electrons. The number of amides is 5. The molecule has 39 nitrogen and oxygen atoms in total. The van der Waals surface area contributed by atoms with E-state index < -0.39 is 11.7 Å². The number of carbonyl (C=O) groups excluding carboxylic acids is 5. The van der Waals surface area contributed by atoms with E-state index in [4.69, 9.17) is 29.4 Å². The number of phenolic OH excluding ortho intramolecular Hbond substituents is 1. The van der Waals surface area contributed by atoms with Gasteiger partial charge in [-0.15, -0.1) is 0 Å². The smallest absolute Gasteiger partial charge is 0.416 e. The Morgan fingerprint density at radius 1 is 0.393 bits per heavy atom. The van der Waals surface area contributed by atoms with E-state index in [2.05, 4.69) is 170 Å². The summed E-state index contributed by atoms with van der Waals surface area (Å²) in [6, 6.07) is 34.3. The number of ether oxygens (including phenoxy) is 5. The Bertz CT molecular complexity index is 7270. The molecule has 10 aromatic heterocycles. The number of hydrogen-bond donors (Lipinski definition) is 9. The second-order valence-corrected chi connectivity index (χ2v) is 43.0. The number of alkyl halides is 3. The van der Waals surface area contributed by atoms with Crippen LogP contribution >= 0.6 is 56.7 Å². The Balaban J connectivity index is 0.000000110. The van der Waals surface area contributed by atoms with Crippen LogP contribution in [0.5, 0.6) is 5.75 Å². The molecule has 25 rings (SSSR count). The number of aliphatic hydroxyl groups is 2. The molecule has 10 aliphatic rings. The molecule has 3 unspecified atom stereocenters. The first-order valence-corrected chi connectivity index (χ1v) is 54.3. The molecule has 47 heteroatoms. The highest BCUT2D eigenvalue weighted by molar-refractivity contribution is 7.21. The molecule has 0 bridgehead atoms. The number of nitrogens with zero attached hydrogens (tertiary/aromatic N) is 20. The average Bonchev–Trinajstić information content (AvgIpc) is 1.59. The molecule has 5 saturated heterocycles. The summed E-state index contributed by atoms with van der Waals surface area (Å²) in [5.74, 6) is 3.22. The quantitative estimate of drug-likeness (QED) is 0.0323. The van der Waals surface area contributed by atoms with Crippen LogP contribution in [-0.2, 0) is 48.1 Å². The van der Waals surface area contributed by atoms with Crippen molar-refractivity contribution in [1.29, 1.82) is 0 Å². The van der Waals surface area contributed by atoms with Crippen molar-refractivity contribution in [2.75, 3.05) is 143 Å². The molecule has 10 aliphatic heterocycles. The zero-order valence-corrected chi connectivity index (χ0v) is 85.9. The molecule has 780 valence electrons. The minimum Gasteiger partial charge on any atom is -0.508 e. The number of fused-ring (bicyclic) bond motifs is 10. The lowest BCUT2D eigenvalue weighted by atomic mass is 9.82. The van der Waals surface area contributed by atoms with Crippen LogP contribution < -0.4 is 56.8 Å². The number of rotatable bonds is 21. The zero-order chi connectivity index (χ0) is 103. The molecule has 0 spiro atoms. The topological polar surface area (TPSA) is 488 Å². The molecular weight excluding hydrogens is 2030 g/mol. The number of aliphatic hydroxyl groups excluding tert-OH is 2. The van der Waals surface area contributed by atoms with Crippen molar-refractivity contribution in [2.24, 2.45) is 5.73 Å². The van der Waals surface area contributed by atoms with Crippen LogP contribution in [0.25, 0.3) is 51.7 Å². The van der Waals surface area contributed by atoms with Crippen molar-refractivity contribution in [3.8, 4) is 5.75 Å². The van der Waals surface area contributed by atoms with Crippen molar-refractivity contribution in [2.45, 2.75) is 157 Å². The van der Waals surface area contributed by atoms with E-state index in [9.17, 15) is 52.5 Å². The van der Waals surface area contributed by atoms with Gasteiger partial charge in [-0.1, -0.05) is 118 Å². The predicted molar refractivity (Wildman–Crippen MR) is 564 cm³/mol. The lowest BCUT2D eigenvalue weighted by Crippen LogP contribution is -2.38. The predicted octanol–water partition coefficient (Wildman–Crippen LogP) is 14.1. The van der Waals surface area contributed by atoms with Gasteiger partial charge in [0.15, 0.2) is 54.1 Å². The summed E-state index contributed by atoms with van der Waals surface area (Å²) >= 11 is 6.33. The normalized spacial score (nSPS) is 18.9. The third-order valence-corrected chi connectivity index (χ3v) is 33.1. The third-order valence-electron chi connectivity index (χ3n) is 28.3. The van der Waals surface area contributed by atoms with E-state index in [-0.39, 0.29) is 95.0 Å². The maximum Gasteiger partial charge on any atom is 0.416 e. The molecular formula is C103H109F3N26O13S5. The summed E-state index contributed by atoms with van der Waals surface area (Å²) in [6.45, 7) is 13.1. The van der Waals surface area contributed by atoms with Crippen molar-refractivity contribution in [3.05, 3.63) is 199 Å².